The lowest BCUT2D eigenvalue weighted by Gasteiger charge is -2.38. The molecule has 0 bridgehead atoms. The Morgan fingerprint density at radius 2 is 1.82 bits per heavy atom. The van der Waals surface area contributed by atoms with E-state index in [4.69, 9.17) is 5.73 Å². The number of hydrogen-bond donors (Lipinski definition) is 3. The molecule has 4 unspecified atom stereocenters. The van der Waals surface area contributed by atoms with E-state index < -0.39 is 0 Å². The van der Waals surface area contributed by atoms with Crippen molar-refractivity contribution < 1.29 is 5.11 Å². The largest absolute Gasteiger partial charge is 0.393 e. The van der Waals surface area contributed by atoms with Crippen molar-refractivity contribution in [1.82, 2.24) is 5.32 Å². The average Bonchev–Trinajstić information content (AvgIpc) is 2.26. The van der Waals surface area contributed by atoms with E-state index in [1.807, 2.05) is 6.92 Å². The quantitative estimate of drug-likeness (QED) is 0.583. The SMILES string of the molecule is CCC(C)CC(CC)(CN)NC(C)CC(C)O. The van der Waals surface area contributed by atoms with Crippen LogP contribution in [0.2, 0.25) is 0 Å². The maximum absolute atomic E-state index is 9.42. The zero-order chi connectivity index (χ0) is 13.5. The van der Waals surface area contributed by atoms with Gasteiger partial charge in [0.2, 0.25) is 0 Å². The first-order valence-corrected chi connectivity index (χ1v) is 7.05. The van der Waals surface area contributed by atoms with Gasteiger partial charge in [-0.1, -0.05) is 27.2 Å². The van der Waals surface area contributed by atoms with Crippen LogP contribution >= 0.6 is 0 Å². The van der Waals surface area contributed by atoms with Crippen LogP contribution in [0, 0.1) is 5.92 Å². The van der Waals surface area contributed by atoms with Crippen LogP contribution in [0.1, 0.15) is 60.3 Å². The first-order chi connectivity index (χ1) is 7.89. The zero-order valence-corrected chi connectivity index (χ0v) is 12.3. The van der Waals surface area contributed by atoms with Crippen molar-refractivity contribution in [3.05, 3.63) is 0 Å². The summed E-state index contributed by atoms with van der Waals surface area (Å²) in [7, 11) is 0. The Hall–Kier alpha value is -0.120. The molecule has 0 rings (SSSR count). The van der Waals surface area contributed by atoms with E-state index in [1.165, 1.54) is 6.42 Å². The molecule has 0 fully saturated rings. The molecule has 4 atom stereocenters. The van der Waals surface area contributed by atoms with Crippen LogP contribution < -0.4 is 11.1 Å². The minimum atomic E-state index is -0.256. The normalized spacial score (nSPS) is 20.6. The molecule has 3 heteroatoms. The summed E-state index contributed by atoms with van der Waals surface area (Å²) in [5, 5.41) is 13.1. The lowest BCUT2D eigenvalue weighted by Crippen LogP contribution is -2.55. The van der Waals surface area contributed by atoms with Crippen LogP contribution in [-0.2, 0) is 0 Å². The van der Waals surface area contributed by atoms with Crippen molar-refractivity contribution in [3.63, 3.8) is 0 Å². The Balaban J connectivity index is 4.48. The molecule has 0 aromatic rings. The highest BCUT2D eigenvalue weighted by Crippen LogP contribution is 2.23. The molecule has 0 saturated heterocycles. The second kappa shape index (κ2) is 8.06. The summed E-state index contributed by atoms with van der Waals surface area (Å²) < 4.78 is 0. The number of nitrogens with two attached hydrogens (primary N) is 1. The van der Waals surface area contributed by atoms with Gasteiger partial charge in [-0.3, -0.25) is 0 Å². The second-order valence-corrected chi connectivity index (χ2v) is 5.69. The van der Waals surface area contributed by atoms with E-state index in [2.05, 4.69) is 33.0 Å². The molecule has 104 valence electrons. The van der Waals surface area contributed by atoms with Crippen LogP contribution in [0.4, 0.5) is 0 Å². The van der Waals surface area contributed by atoms with Gasteiger partial charge in [0.25, 0.3) is 0 Å². The molecule has 4 N–H and O–H groups in total. The van der Waals surface area contributed by atoms with Gasteiger partial charge in [-0.15, -0.1) is 0 Å². The fourth-order valence-corrected chi connectivity index (χ4v) is 2.50. The van der Waals surface area contributed by atoms with E-state index in [-0.39, 0.29) is 11.6 Å². The monoisotopic (exact) mass is 244 g/mol. The molecular weight excluding hydrogens is 212 g/mol. The molecule has 0 radical (unpaired) electrons. The van der Waals surface area contributed by atoms with Crippen LogP contribution in [0.5, 0.6) is 0 Å². The highest BCUT2D eigenvalue weighted by atomic mass is 16.3. The van der Waals surface area contributed by atoms with Gasteiger partial charge in [0, 0.05) is 18.1 Å². The van der Waals surface area contributed by atoms with Crippen molar-refractivity contribution in [3.8, 4) is 0 Å². The average molecular weight is 244 g/mol. The van der Waals surface area contributed by atoms with Gasteiger partial charge in [0.1, 0.15) is 0 Å². The minimum Gasteiger partial charge on any atom is -0.393 e. The van der Waals surface area contributed by atoms with E-state index in [0.717, 1.165) is 19.3 Å². The lowest BCUT2D eigenvalue weighted by atomic mass is 9.83. The van der Waals surface area contributed by atoms with Gasteiger partial charge in [-0.25, -0.2) is 0 Å². The number of rotatable bonds is 9. The molecule has 0 amide bonds. The maximum atomic E-state index is 9.42. The van der Waals surface area contributed by atoms with Gasteiger partial charge >= 0.3 is 0 Å². The minimum absolute atomic E-state index is 0.0315. The van der Waals surface area contributed by atoms with E-state index in [0.29, 0.717) is 18.5 Å². The predicted octanol–water partition coefficient (Wildman–Crippen LogP) is 2.28. The first kappa shape index (κ1) is 16.9. The highest BCUT2D eigenvalue weighted by molar-refractivity contribution is 4.91. The zero-order valence-electron chi connectivity index (χ0n) is 12.3. The highest BCUT2D eigenvalue weighted by Gasteiger charge is 2.29. The molecule has 0 aromatic carbocycles. The van der Waals surface area contributed by atoms with Crippen molar-refractivity contribution in [1.29, 1.82) is 0 Å². The van der Waals surface area contributed by atoms with Gasteiger partial charge in [0.15, 0.2) is 0 Å². The van der Waals surface area contributed by atoms with Crippen molar-refractivity contribution >= 4 is 0 Å². The fraction of sp³-hybridized carbons (Fsp3) is 1.00. The van der Waals surface area contributed by atoms with Gasteiger partial charge in [0.05, 0.1) is 6.10 Å². The molecule has 0 heterocycles. The Kier molecular flexibility index (Phi) is 8.01. The Labute approximate surface area is 107 Å². The van der Waals surface area contributed by atoms with Gasteiger partial charge in [-0.2, -0.15) is 0 Å². The van der Waals surface area contributed by atoms with Crippen LogP contribution in [0.3, 0.4) is 0 Å². The fourth-order valence-electron chi connectivity index (χ4n) is 2.50. The smallest absolute Gasteiger partial charge is 0.0526 e. The summed E-state index contributed by atoms with van der Waals surface area (Å²) in [4.78, 5) is 0. The molecule has 0 aliphatic carbocycles. The first-order valence-electron chi connectivity index (χ1n) is 7.05. The van der Waals surface area contributed by atoms with E-state index in [1.54, 1.807) is 0 Å². The standard InChI is InChI=1S/C14H32N2O/c1-6-11(3)9-14(7-2,10-15)16-12(4)8-13(5)17/h11-13,16-17H,6-10,15H2,1-5H3. The molecule has 0 aliphatic heterocycles. The van der Waals surface area contributed by atoms with Crippen LogP contribution in [0.15, 0.2) is 0 Å². The molecule has 0 aromatic heterocycles. The van der Waals surface area contributed by atoms with E-state index >= 15 is 0 Å². The van der Waals surface area contributed by atoms with Crippen LogP contribution in [0.25, 0.3) is 0 Å². The molecule has 0 spiro atoms. The molecule has 3 nitrogen and oxygen atoms in total. The summed E-state index contributed by atoms with van der Waals surface area (Å²) in [5.41, 5.74) is 6.01. The van der Waals surface area contributed by atoms with Crippen molar-refractivity contribution in [2.45, 2.75) is 78.0 Å². The Morgan fingerprint density at radius 3 is 2.18 bits per heavy atom. The summed E-state index contributed by atoms with van der Waals surface area (Å²) in [6.07, 6.45) is 3.86. The maximum Gasteiger partial charge on any atom is 0.0526 e. The predicted molar refractivity (Wildman–Crippen MR) is 75.0 cm³/mol. The Bertz CT molecular complexity index is 191. The molecule has 0 aliphatic rings. The number of hydrogen-bond acceptors (Lipinski definition) is 3. The Morgan fingerprint density at radius 1 is 1.24 bits per heavy atom. The van der Waals surface area contributed by atoms with Crippen molar-refractivity contribution in [2.75, 3.05) is 6.54 Å². The summed E-state index contributed by atoms with van der Waals surface area (Å²) >= 11 is 0. The topological polar surface area (TPSA) is 58.3 Å². The summed E-state index contributed by atoms with van der Waals surface area (Å²) in [5.74, 6) is 0.685. The third kappa shape index (κ3) is 6.39. The second-order valence-electron chi connectivity index (χ2n) is 5.69. The lowest BCUT2D eigenvalue weighted by molar-refractivity contribution is 0.151. The molecule has 0 saturated carbocycles. The third-order valence-corrected chi connectivity index (χ3v) is 3.75. The van der Waals surface area contributed by atoms with Crippen LogP contribution in [-0.4, -0.2) is 29.3 Å². The summed E-state index contributed by atoms with van der Waals surface area (Å²) in [6, 6.07) is 0.308. The van der Waals surface area contributed by atoms with E-state index in [9.17, 15) is 5.11 Å². The number of aliphatic hydroxyl groups excluding tert-OH is 1. The number of aliphatic hydroxyl groups is 1. The summed E-state index contributed by atoms with van der Waals surface area (Å²) in [6.45, 7) is 11.3. The van der Waals surface area contributed by atoms with Gasteiger partial charge < -0.3 is 16.2 Å². The number of nitrogens with one attached hydrogen (secondary N) is 1. The van der Waals surface area contributed by atoms with Gasteiger partial charge in [-0.05, 0) is 39.0 Å². The molecule has 17 heavy (non-hydrogen) atoms. The molecular formula is C14H32N2O. The van der Waals surface area contributed by atoms with Crippen molar-refractivity contribution in [2.24, 2.45) is 11.7 Å². The third-order valence-electron chi connectivity index (χ3n) is 3.75.